The van der Waals surface area contributed by atoms with Crippen LogP contribution in [0, 0.1) is 0 Å². The molecule has 0 spiro atoms. The Balaban J connectivity index is 1.49. The van der Waals surface area contributed by atoms with Gasteiger partial charge in [-0.25, -0.2) is 9.97 Å². The Hall–Kier alpha value is -2.84. The standard InChI is InChI=1S/C18H20F3N5O/c19-18(20,21)14-5-3-4-13(10-14)17(27)23-7-6-22-15-11-16(25-12-24-15)26-8-1-2-9-26/h3-5,10-12H,1-2,6-9H2,(H,23,27)(H,22,24,25). The third-order valence-electron chi connectivity index (χ3n) is 4.25. The average Bonchev–Trinajstić information content (AvgIpc) is 3.19. The van der Waals surface area contributed by atoms with Gasteiger partial charge in [-0.05, 0) is 31.0 Å². The number of rotatable bonds is 6. The van der Waals surface area contributed by atoms with Crippen molar-refractivity contribution in [2.75, 3.05) is 36.4 Å². The zero-order valence-electron chi connectivity index (χ0n) is 14.6. The molecule has 0 unspecified atom stereocenters. The van der Waals surface area contributed by atoms with Crippen LogP contribution in [0.15, 0.2) is 36.7 Å². The molecule has 6 nitrogen and oxygen atoms in total. The Morgan fingerprint density at radius 1 is 1.11 bits per heavy atom. The predicted octanol–water partition coefficient (Wildman–Crippen LogP) is 2.94. The van der Waals surface area contributed by atoms with E-state index < -0.39 is 17.6 Å². The summed E-state index contributed by atoms with van der Waals surface area (Å²) in [4.78, 5) is 22.6. The molecule has 2 heterocycles. The molecule has 1 aliphatic heterocycles. The van der Waals surface area contributed by atoms with E-state index in [1.165, 1.54) is 18.5 Å². The Kier molecular flexibility index (Phi) is 5.78. The van der Waals surface area contributed by atoms with E-state index in [1.54, 1.807) is 0 Å². The van der Waals surface area contributed by atoms with Crippen molar-refractivity contribution in [1.29, 1.82) is 0 Å². The molecule has 1 aromatic heterocycles. The number of amides is 1. The van der Waals surface area contributed by atoms with Gasteiger partial charge >= 0.3 is 6.18 Å². The summed E-state index contributed by atoms with van der Waals surface area (Å²) >= 11 is 0. The molecule has 2 aromatic rings. The summed E-state index contributed by atoms with van der Waals surface area (Å²) in [6, 6.07) is 6.20. The molecular weight excluding hydrogens is 359 g/mol. The normalized spacial score (nSPS) is 14.3. The lowest BCUT2D eigenvalue weighted by molar-refractivity contribution is -0.137. The fraction of sp³-hybridized carbons (Fsp3) is 0.389. The summed E-state index contributed by atoms with van der Waals surface area (Å²) in [7, 11) is 0. The van der Waals surface area contributed by atoms with E-state index >= 15 is 0 Å². The van der Waals surface area contributed by atoms with Crippen molar-refractivity contribution in [2.45, 2.75) is 19.0 Å². The van der Waals surface area contributed by atoms with E-state index in [1.807, 2.05) is 6.07 Å². The van der Waals surface area contributed by atoms with Gasteiger partial charge in [-0.1, -0.05) is 6.07 Å². The lowest BCUT2D eigenvalue weighted by Crippen LogP contribution is -2.29. The number of carbonyl (C=O) groups is 1. The first-order valence-corrected chi connectivity index (χ1v) is 8.70. The van der Waals surface area contributed by atoms with Gasteiger partial charge < -0.3 is 15.5 Å². The van der Waals surface area contributed by atoms with Crippen LogP contribution in [0.4, 0.5) is 24.8 Å². The molecule has 3 rings (SSSR count). The largest absolute Gasteiger partial charge is 0.416 e. The molecule has 1 saturated heterocycles. The zero-order valence-corrected chi connectivity index (χ0v) is 14.6. The van der Waals surface area contributed by atoms with Gasteiger partial charge in [0.15, 0.2) is 0 Å². The molecule has 0 bridgehead atoms. The maximum atomic E-state index is 12.7. The summed E-state index contributed by atoms with van der Waals surface area (Å²) in [6.45, 7) is 2.59. The highest BCUT2D eigenvalue weighted by molar-refractivity contribution is 5.94. The van der Waals surface area contributed by atoms with Gasteiger partial charge in [-0.15, -0.1) is 0 Å². The quantitative estimate of drug-likeness (QED) is 0.756. The van der Waals surface area contributed by atoms with E-state index in [9.17, 15) is 18.0 Å². The molecule has 0 saturated carbocycles. The molecule has 0 atom stereocenters. The van der Waals surface area contributed by atoms with Crippen molar-refractivity contribution in [3.05, 3.63) is 47.8 Å². The fourth-order valence-corrected chi connectivity index (χ4v) is 2.87. The number of anilines is 2. The minimum Gasteiger partial charge on any atom is -0.368 e. The number of hydrogen-bond acceptors (Lipinski definition) is 5. The number of nitrogens with zero attached hydrogens (tertiary/aromatic N) is 3. The van der Waals surface area contributed by atoms with Gasteiger partial charge in [0, 0.05) is 37.8 Å². The van der Waals surface area contributed by atoms with Crippen molar-refractivity contribution in [1.82, 2.24) is 15.3 Å². The molecule has 0 aliphatic carbocycles. The first kappa shape index (κ1) is 18.9. The van der Waals surface area contributed by atoms with Crippen LogP contribution < -0.4 is 15.5 Å². The zero-order chi connectivity index (χ0) is 19.3. The summed E-state index contributed by atoms with van der Waals surface area (Å²) < 4.78 is 38.1. The first-order chi connectivity index (χ1) is 12.9. The van der Waals surface area contributed by atoms with E-state index in [4.69, 9.17) is 0 Å². The van der Waals surface area contributed by atoms with Gasteiger partial charge in [0.1, 0.15) is 18.0 Å². The Morgan fingerprint density at radius 3 is 2.63 bits per heavy atom. The Morgan fingerprint density at radius 2 is 1.89 bits per heavy atom. The van der Waals surface area contributed by atoms with Crippen LogP contribution in [0.2, 0.25) is 0 Å². The van der Waals surface area contributed by atoms with Crippen LogP contribution in [0.1, 0.15) is 28.8 Å². The highest BCUT2D eigenvalue weighted by Crippen LogP contribution is 2.29. The molecule has 1 aromatic carbocycles. The highest BCUT2D eigenvalue weighted by atomic mass is 19.4. The van der Waals surface area contributed by atoms with E-state index in [2.05, 4.69) is 25.5 Å². The molecule has 2 N–H and O–H groups in total. The second-order valence-electron chi connectivity index (χ2n) is 6.22. The fourth-order valence-electron chi connectivity index (χ4n) is 2.87. The number of aromatic nitrogens is 2. The van der Waals surface area contributed by atoms with E-state index in [0.29, 0.717) is 12.4 Å². The van der Waals surface area contributed by atoms with Crippen molar-refractivity contribution in [3.8, 4) is 0 Å². The number of nitrogens with one attached hydrogen (secondary N) is 2. The maximum Gasteiger partial charge on any atom is 0.416 e. The van der Waals surface area contributed by atoms with Crippen molar-refractivity contribution in [3.63, 3.8) is 0 Å². The van der Waals surface area contributed by atoms with E-state index in [-0.39, 0.29) is 12.1 Å². The molecule has 9 heteroatoms. The minimum atomic E-state index is -4.47. The van der Waals surface area contributed by atoms with Crippen molar-refractivity contribution in [2.24, 2.45) is 0 Å². The molecule has 0 radical (unpaired) electrons. The monoisotopic (exact) mass is 379 g/mol. The number of hydrogen-bond donors (Lipinski definition) is 2. The van der Waals surface area contributed by atoms with Crippen LogP contribution in [0.25, 0.3) is 0 Å². The third kappa shape index (κ3) is 5.08. The van der Waals surface area contributed by atoms with Crippen LogP contribution in [0.3, 0.4) is 0 Å². The van der Waals surface area contributed by atoms with Gasteiger partial charge in [-0.3, -0.25) is 4.79 Å². The van der Waals surface area contributed by atoms with Gasteiger partial charge in [0.05, 0.1) is 5.56 Å². The van der Waals surface area contributed by atoms with Crippen LogP contribution in [-0.2, 0) is 6.18 Å². The molecular formula is C18H20F3N5O. The summed E-state index contributed by atoms with van der Waals surface area (Å²) in [5.41, 5.74) is -0.869. The molecule has 27 heavy (non-hydrogen) atoms. The highest BCUT2D eigenvalue weighted by Gasteiger charge is 2.30. The molecule has 1 amide bonds. The molecule has 1 fully saturated rings. The summed E-state index contributed by atoms with van der Waals surface area (Å²) in [5.74, 6) is 0.946. The number of alkyl halides is 3. The first-order valence-electron chi connectivity index (χ1n) is 8.70. The average molecular weight is 379 g/mol. The number of benzene rings is 1. The molecule has 144 valence electrons. The van der Waals surface area contributed by atoms with Gasteiger partial charge in [0.25, 0.3) is 5.91 Å². The van der Waals surface area contributed by atoms with Gasteiger partial charge in [0.2, 0.25) is 0 Å². The van der Waals surface area contributed by atoms with Crippen LogP contribution in [0.5, 0.6) is 0 Å². The maximum absolute atomic E-state index is 12.7. The van der Waals surface area contributed by atoms with Crippen LogP contribution in [-0.4, -0.2) is 42.1 Å². The molecule has 1 aliphatic rings. The predicted molar refractivity (Wildman–Crippen MR) is 95.7 cm³/mol. The van der Waals surface area contributed by atoms with Crippen molar-refractivity contribution >= 4 is 17.5 Å². The smallest absolute Gasteiger partial charge is 0.368 e. The van der Waals surface area contributed by atoms with Gasteiger partial charge in [-0.2, -0.15) is 13.2 Å². The minimum absolute atomic E-state index is 0.0248. The Labute approximate surface area is 154 Å². The lowest BCUT2D eigenvalue weighted by atomic mass is 10.1. The Bertz CT molecular complexity index is 791. The second kappa shape index (κ2) is 8.24. The lowest BCUT2D eigenvalue weighted by Gasteiger charge is -2.16. The second-order valence-corrected chi connectivity index (χ2v) is 6.22. The van der Waals surface area contributed by atoms with Crippen LogP contribution >= 0.6 is 0 Å². The van der Waals surface area contributed by atoms with Crippen molar-refractivity contribution < 1.29 is 18.0 Å². The number of carbonyl (C=O) groups excluding carboxylic acids is 1. The summed E-state index contributed by atoms with van der Waals surface area (Å²) in [5, 5.41) is 5.67. The topological polar surface area (TPSA) is 70.2 Å². The SMILES string of the molecule is O=C(NCCNc1cc(N2CCCC2)ncn1)c1cccc(C(F)(F)F)c1. The number of halogens is 3. The van der Waals surface area contributed by atoms with E-state index in [0.717, 1.165) is 43.9 Å². The third-order valence-corrected chi connectivity index (χ3v) is 4.25. The summed E-state index contributed by atoms with van der Waals surface area (Å²) in [6.07, 6.45) is -0.697.